The molecule has 2 aromatic rings. The molecule has 1 aromatic heterocycles. The standard InChI is InChI=1S/C18H21N5O/c1-13(15-7-5-14(10-19)6-8-15)22-18(24)23-9-3-2-4-17(23)16-11-20-21-12-16/h5-8,11-13,17H,2-4,9H2,1H3,(H,20,21)(H,22,24)/t13-,17+/m0/s1. The summed E-state index contributed by atoms with van der Waals surface area (Å²) in [5.74, 6) is 0. The molecule has 0 aliphatic carbocycles. The third kappa shape index (κ3) is 3.40. The van der Waals surface area contributed by atoms with Gasteiger partial charge in [-0.2, -0.15) is 10.4 Å². The molecule has 2 heterocycles. The second-order valence-electron chi connectivity index (χ2n) is 6.14. The van der Waals surface area contributed by atoms with Gasteiger partial charge in [0.1, 0.15) is 0 Å². The maximum Gasteiger partial charge on any atom is 0.318 e. The van der Waals surface area contributed by atoms with E-state index in [4.69, 9.17) is 5.26 Å². The second kappa shape index (κ2) is 7.18. The third-order valence-corrected chi connectivity index (χ3v) is 4.55. The normalized spacial score (nSPS) is 18.7. The molecular formula is C18H21N5O. The number of rotatable bonds is 3. The van der Waals surface area contributed by atoms with Crippen LogP contribution in [0.15, 0.2) is 36.7 Å². The Balaban J connectivity index is 1.69. The molecule has 2 atom stereocenters. The Morgan fingerprint density at radius 2 is 2.21 bits per heavy atom. The first-order valence-electron chi connectivity index (χ1n) is 8.25. The van der Waals surface area contributed by atoms with Crippen molar-refractivity contribution in [2.45, 2.75) is 38.3 Å². The number of hydrogen-bond acceptors (Lipinski definition) is 3. The SMILES string of the molecule is C[C@H](NC(=O)N1CCCC[C@@H]1c1cn[nH]c1)c1ccc(C#N)cc1. The summed E-state index contributed by atoms with van der Waals surface area (Å²) in [6.07, 6.45) is 6.75. The van der Waals surface area contributed by atoms with E-state index < -0.39 is 0 Å². The first kappa shape index (κ1) is 16.1. The fourth-order valence-electron chi connectivity index (χ4n) is 3.16. The molecule has 1 aromatic carbocycles. The van der Waals surface area contributed by atoms with Gasteiger partial charge < -0.3 is 10.2 Å². The van der Waals surface area contributed by atoms with Crippen molar-refractivity contribution in [1.29, 1.82) is 5.26 Å². The van der Waals surface area contributed by atoms with Crippen LogP contribution in [0.1, 0.15) is 55.0 Å². The molecule has 0 spiro atoms. The average molecular weight is 323 g/mol. The highest BCUT2D eigenvalue weighted by molar-refractivity contribution is 5.75. The Morgan fingerprint density at radius 1 is 1.42 bits per heavy atom. The Kier molecular flexibility index (Phi) is 4.80. The summed E-state index contributed by atoms with van der Waals surface area (Å²) in [5, 5.41) is 18.8. The minimum Gasteiger partial charge on any atom is -0.331 e. The van der Waals surface area contributed by atoms with Gasteiger partial charge in [-0.25, -0.2) is 4.79 Å². The molecule has 0 radical (unpaired) electrons. The van der Waals surface area contributed by atoms with Gasteiger partial charge in [-0.05, 0) is 43.9 Å². The highest BCUT2D eigenvalue weighted by Gasteiger charge is 2.29. The fraction of sp³-hybridized carbons (Fsp3) is 0.389. The maximum atomic E-state index is 12.7. The van der Waals surface area contributed by atoms with Gasteiger partial charge >= 0.3 is 6.03 Å². The van der Waals surface area contributed by atoms with Crippen LogP contribution in [0.4, 0.5) is 4.79 Å². The van der Waals surface area contributed by atoms with Crippen LogP contribution in [0.5, 0.6) is 0 Å². The zero-order valence-electron chi connectivity index (χ0n) is 13.7. The van der Waals surface area contributed by atoms with E-state index in [1.165, 1.54) is 0 Å². The van der Waals surface area contributed by atoms with Crippen molar-refractivity contribution in [3.63, 3.8) is 0 Å². The van der Waals surface area contributed by atoms with Crippen LogP contribution in [0.3, 0.4) is 0 Å². The van der Waals surface area contributed by atoms with Crippen molar-refractivity contribution in [1.82, 2.24) is 20.4 Å². The lowest BCUT2D eigenvalue weighted by molar-refractivity contribution is 0.149. The highest BCUT2D eigenvalue weighted by atomic mass is 16.2. The minimum absolute atomic E-state index is 0.0576. The average Bonchev–Trinajstić information content (AvgIpc) is 3.16. The van der Waals surface area contributed by atoms with Crippen LogP contribution in [0.2, 0.25) is 0 Å². The molecule has 0 saturated carbocycles. The van der Waals surface area contributed by atoms with Gasteiger partial charge in [0.25, 0.3) is 0 Å². The molecule has 2 N–H and O–H groups in total. The molecule has 6 heteroatoms. The van der Waals surface area contributed by atoms with Gasteiger partial charge in [0.2, 0.25) is 0 Å². The van der Waals surface area contributed by atoms with E-state index in [2.05, 4.69) is 21.6 Å². The first-order chi connectivity index (χ1) is 11.7. The predicted octanol–water partition coefficient (Wildman–Crippen LogP) is 3.28. The molecule has 0 unspecified atom stereocenters. The second-order valence-corrected chi connectivity index (χ2v) is 6.14. The smallest absolute Gasteiger partial charge is 0.318 e. The molecule has 2 amide bonds. The molecule has 3 rings (SSSR count). The molecular weight excluding hydrogens is 302 g/mol. The molecule has 1 fully saturated rings. The van der Waals surface area contributed by atoms with Gasteiger partial charge in [-0.15, -0.1) is 0 Å². The van der Waals surface area contributed by atoms with E-state index in [9.17, 15) is 4.79 Å². The zero-order chi connectivity index (χ0) is 16.9. The summed E-state index contributed by atoms with van der Waals surface area (Å²) in [6.45, 7) is 2.71. The number of hydrogen-bond donors (Lipinski definition) is 2. The van der Waals surface area contributed by atoms with E-state index in [0.717, 1.165) is 36.9 Å². The van der Waals surface area contributed by atoms with Gasteiger partial charge in [-0.1, -0.05) is 12.1 Å². The van der Waals surface area contributed by atoms with Crippen molar-refractivity contribution >= 4 is 6.03 Å². The number of nitrogens with one attached hydrogen (secondary N) is 2. The van der Waals surface area contributed by atoms with Crippen molar-refractivity contribution in [3.8, 4) is 6.07 Å². The van der Waals surface area contributed by atoms with Crippen molar-refractivity contribution in [2.24, 2.45) is 0 Å². The topological polar surface area (TPSA) is 84.8 Å². The van der Waals surface area contributed by atoms with Crippen LogP contribution in [0, 0.1) is 11.3 Å². The molecule has 24 heavy (non-hydrogen) atoms. The van der Waals surface area contributed by atoms with Gasteiger partial charge in [0.15, 0.2) is 0 Å². The lowest BCUT2D eigenvalue weighted by Crippen LogP contribution is -2.45. The molecule has 124 valence electrons. The summed E-state index contributed by atoms with van der Waals surface area (Å²) in [6, 6.07) is 9.31. The Bertz CT molecular complexity index is 717. The van der Waals surface area contributed by atoms with Crippen LogP contribution >= 0.6 is 0 Å². The number of nitriles is 1. The lowest BCUT2D eigenvalue weighted by atomic mass is 9.98. The Labute approximate surface area is 141 Å². The minimum atomic E-state index is -0.114. The number of amides is 2. The maximum absolute atomic E-state index is 12.7. The van der Waals surface area contributed by atoms with Crippen LogP contribution < -0.4 is 5.32 Å². The molecule has 1 saturated heterocycles. The van der Waals surface area contributed by atoms with E-state index in [1.54, 1.807) is 18.3 Å². The van der Waals surface area contributed by atoms with Crippen molar-refractivity contribution < 1.29 is 4.79 Å². The summed E-state index contributed by atoms with van der Waals surface area (Å²) in [5.41, 5.74) is 2.66. The molecule has 0 bridgehead atoms. The summed E-state index contributed by atoms with van der Waals surface area (Å²) in [4.78, 5) is 14.6. The van der Waals surface area contributed by atoms with Crippen molar-refractivity contribution in [2.75, 3.05) is 6.54 Å². The quantitative estimate of drug-likeness (QED) is 0.909. The number of aromatic amines is 1. The number of benzene rings is 1. The van der Waals surface area contributed by atoms with E-state index in [-0.39, 0.29) is 18.1 Å². The van der Waals surface area contributed by atoms with Gasteiger partial charge in [0, 0.05) is 18.3 Å². The van der Waals surface area contributed by atoms with Gasteiger partial charge in [-0.3, -0.25) is 5.10 Å². The van der Waals surface area contributed by atoms with Crippen molar-refractivity contribution in [3.05, 3.63) is 53.3 Å². The lowest BCUT2D eigenvalue weighted by Gasteiger charge is -2.36. The summed E-state index contributed by atoms with van der Waals surface area (Å²) >= 11 is 0. The Hall–Kier alpha value is -2.81. The number of urea groups is 1. The van der Waals surface area contributed by atoms with E-state index in [1.807, 2.05) is 30.2 Å². The highest BCUT2D eigenvalue weighted by Crippen LogP contribution is 2.30. The Morgan fingerprint density at radius 3 is 2.88 bits per heavy atom. The van der Waals surface area contributed by atoms with Crippen LogP contribution in [0.25, 0.3) is 0 Å². The zero-order valence-corrected chi connectivity index (χ0v) is 13.7. The van der Waals surface area contributed by atoms with Crippen LogP contribution in [-0.4, -0.2) is 27.7 Å². The fourth-order valence-corrected chi connectivity index (χ4v) is 3.16. The first-order valence-corrected chi connectivity index (χ1v) is 8.25. The van der Waals surface area contributed by atoms with E-state index >= 15 is 0 Å². The number of nitrogens with zero attached hydrogens (tertiary/aromatic N) is 3. The van der Waals surface area contributed by atoms with Gasteiger partial charge in [0.05, 0.1) is 29.9 Å². The third-order valence-electron chi connectivity index (χ3n) is 4.55. The largest absolute Gasteiger partial charge is 0.331 e. The molecule has 1 aliphatic heterocycles. The van der Waals surface area contributed by atoms with E-state index in [0.29, 0.717) is 5.56 Å². The number of piperidine rings is 1. The number of likely N-dealkylation sites (tertiary alicyclic amines) is 1. The number of carbonyl (C=O) groups excluding carboxylic acids is 1. The molecule has 1 aliphatic rings. The monoisotopic (exact) mass is 323 g/mol. The number of carbonyl (C=O) groups is 1. The predicted molar refractivity (Wildman–Crippen MR) is 90.0 cm³/mol. The summed E-state index contributed by atoms with van der Waals surface area (Å²) in [7, 11) is 0. The van der Waals surface area contributed by atoms with Crippen LogP contribution in [-0.2, 0) is 0 Å². The number of H-pyrrole nitrogens is 1. The molecule has 6 nitrogen and oxygen atoms in total. The number of aromatic nitrogens is 2. The summed E-state index contributed by atoms with van der Waals surface area (Å²) < 4.78 is 0.